The molecule has 0 saturated carbocycles. The van der Waals surface area contributed by atoms with E-state index in [0.717, 1.165) is 18.1 Å². The third-order valence-corrected chi connectivity index (χ3v) is 3.04. The minimum absolute atomic E-state index is 0.838. The molecule has 0 atom stereocenters. The van der Waals surface area contributed by atoms with Gasteiger partial charge in [0.1, 0.15) is 0 Å². The lowest BCUT2D eigenvalue weighted by molar-refractivity contribution is 0.846. The van der Waals surface area contributed by atoms with Crippen molar-refractivity contribution in [2.75, 3.05) is 23.9 Å². The van der Waals surface area contributed by atoms with Crippen LogP contribution in [-0.4, -0.2) is 33.3 Å². The van der Waals surface area contributed by atoms with Gasteiger partial charge < -0.3 is 5.32 Å². The Bertz CT molecular complexity index is 424. The highest BCUT2D eigenvalue weighted by molar-refractivity contribution is 7.98. The molecule has 0 bridgehead atoms. The molecule has 2 aromatic heterocycles. The Morgan fingerprint density at radius 3 is 3.00 bits per heavy atom. The van der Waals surface area contributed by atoms with E-state index < -0.39 is 0 Å². The van der Waals surface area contributed by atoms with E-state index in [4.69, 9.17) is 0 Å². The van der Waals surface area contributed by atoms with Gasteiger partial charge in [-0.2, -0.15) is 16.9 Å². The Morgan fingerprint density at radius 1 is 1.41 bits per heavy atom. The topological polar surface area (TPSA) is 42.7 Å². The van der Waals surface area contributed by atoms with Gasteiger partial charge in [-0.3, -0.25) is 0 Å². The summed E-state index contributed by atoms with van der Waals surface area (Å²) in [7, 11) is 0. The molecule has 0 saturated heterocycles. The largest absolute Gasteiger partial charge is 0.384 e. The minimum atomic E-state index is 0.838. The quantitative estimate of drug-likeness (QED) is 0.797. The maximum absolute atomic E-state index is 4.35. The molecule has 0 amide bonds. The molecule has 2 rings (SSSR count). The molecule has 90 valence electrons. The molecule has 0 aromatic carbocycles. The second-order valence-corrected chi connectivity index (χ2v) is 4.61. The van der Waals surface area contributed by atoms with Crippen LogP contribution >= 0.6 is 11.8 Å². The lowest BCUT2D eigenvalue weighted by Gasteiger charge is -2.06. The second-order valence-electron chi connectivity index (χ2n) is 3.63. The maximum atomic E-state index is 4.35. The van der Waals surface area contributed by atoms with E-state index in [9.17, 15) is 0 Å². The predicted molar refractivity (Wildman–Crippen MR) is 72.8 cm³/mol. The van der Waals surface area contributed by atoms with Crippen LogP contribution in [0.5, 0.6) is 0 Å². The maximum Gasteiger partial charge on any atom is 0.153 e. The van der Waals surface area contributed by atoms with Crippen molar-refractivity contribution >= 4 is 17.4 Å². The smallest absolute Gasteiger partial charge is 0.153 e. The Kier molecular flexibility index (Phi) is 4.44. The van der Waals surface area contributed by atoms with Gasteiger partial charge in [-0.15, -0.1) is 0 Å². The third-order valence-electron chi connectivity index (χ3n) is 2.34. The monoisotopic (exact) mass is 248 g/mol. The molecule has 2 heterocycles. The molecule has 0 spiro atoms. The van der Waals surface area contributed by atoms with Gasteiger partial charge >= 0.3 is 0 Å². The summed E-state index contributed by atoms with van der Waals surface area (Å²) in [5.74, 6) is 2.02. The van der Waals surface area contributed by atoms with Gasteiger partial charge in [-0.25, -0.2) is 9.67 Å². The van der Waals surface area contributed by atoms with Gasteiger partial charge in [0.15, 0.2) is 5.82 Å². The molecule has 1 N–H and O–H groups in total. The summed E-state index contributed by atoms with van der Waals surface area (Å²) < 4.78 is 1.75. The van der Waals surface area contributed by atoms with Crippen LogP contribution in [0.25, 0.3) is 5.82 Å². The van der Waals surface area contributed by atoms with Crippen molar-refractivity contribution in [1.82, 2.24) is 14.8 Å². The van der Waals surface area contributed by atoms with Crippen molar-refractivity contribution < 1.29 is 0 Å². The highest BCUT2D eigenvalue weighted by Crippen LogP contribution is 2.09. The number of rotatable bonds is 6. The highest BCUT2D eigenvalue weighted by Gasteiger charge is 1.97. The average molecular weight is 248 g/mol. The van der Waals surface area contributed by atoms with Crippen LogP contribution in [-0.2, 0) is 0 Å². The fourth-order valence-corrected chi connectivity index (χ4v) is 1.91. The first-order valence-electron chi connectivity index (χ1n) is 5.59. The van der Waals surface area contributed by atoms with Gasteiger partial charge in [0, 0.05) is 18.9 Å². The number of nitrogens with one attached hydrogen (secondary N) is 1. The van der Waals surface area contributed by atoms with E-state index in [1.807, 2.05) is 42.4 Å². The Morgan fingerprint density at radius 2 is 2.35 bits per heavy atom. The fraction of sp³-hybridized carbons (Fsp3) is 0.333. The number of aromatic nitrogens is 3. The van der Waals surface area contributed by atoms with Gasteiger partial charge in [0.05, 0.1) is 11.9 Å². The van der Waals surface area contributed by atoms with E-state index in [-0.39, 0.29) is 0 Å². The van der Waals surface area contributed by atoms with Crippen LogP contribution in [0.1, 0.15) is 6.42 Å². The Balaban J connectivity index is 1.90. The molecule has 17 heavy (non-hydrogen) atoms. The van der Waals surface area contributed by atoms with E-state index in [0.29, 0.717) is 0 Å². The zero-order chi connectivity index (χ0) is 11.9. The van der Waals surface area contributed by atoms with Crippen molar-refractivity contribution in [1.29, 1.82) is 0 Å². The summed E-state index contributed by atoms with van der Waals surface area (Å²) in [4.78, 5) is 4.35. The van der Waals surface area contributed by atoms with Gasteiger partial charge in [0.2, 0.25) is 0 Å². The lowest BCUT2D eigenvalue weighted by atomic mass is 10.4. The number of anilines is 1. The predicted octanol–water partition coefficient (Wildman–Crippen LogP) is 2.43. The van der Waals surface area contributed by atoms with Crippen molar-refractivity contribution in [3.63, 3.8) is 0 Å². The van der Waals surface area contributed by atoms with Gasteiger partial charge in [-0.1, -0.05) is 0 Å². The number of thioether (sulfide) groups is 1. The second kappa shape index (κ2) is 6.30. The van der Waals surface area contributed by atoms with Crippen LogP contribution in [0.2, 0.25) is 0 Å². The van der Waals surface area contributed by atoms with Crippen molar-refractivity contribution in [2.45, 2.75) is 6.42 Å². The Hall–Kier alpha value is -1.49. The first-order chi connectivity index (χ1) is 8.40. The molecule has 0 fully saturated rings. The fourth-order valence-electron chi connectivity index (χ4n) is 1.48. The summed E-state index contributed by atoms with van der Waals surface area (Å²) in [6, 6.07) is 5.88. The van der Waals surface area contributed by atoms with Crippen LogP contribution in [0, 0.1) is 0 Å². The zero-order valence-corrected chi connectivity index (χ0v) is 10.7. The molecular formula is C12H16N4S. The normalized spacial score (nSPS) is 10.4. The van der Waals surface area contributed by atoms with E-state index in [1.54, 1.807) is 10.9 Å². The number of nitrogens with zero attached hydrogens (tertiary/aromatic N) is 3. The van der Waals surface area contributed by atoms with Crippen LogP contribution in [0.3, 0.4) is 0 Å². The highest BCUT2D eigenvalue weighted by atomic mass is 32.2. The molecule has 0 aliphatic heterocycles. The molecule has 4 nitrogen and oxygen atoms in total. The molecule has 2 aromatic rings. The summed E-state index contributed by atoms with van der Waals surface area (Å²) in [6.07, 6.45) is 8.77. The summed E-state index contributed by atoms with van der Waals surface area (Å²) in [5.41, 5.74) is 1.06. The number of hydrogen-bond donors (Lipinski definition) is 1. The summed E-state index contributed by atoms with van der Waals surface area (Å²) in [6.45, 7) is 0.990. The van der Waals surface area contributed by atoms with Gasteiger partial charge in [-0.05, 0) is 36.6 Å². The van der Waals surface area contributed by atoms with Gasteiger partial charge in [0.25, 0.3) is 0 Å². The molecule has 0 radical (unpaired) electrons. The van der Waals surface area contributed by atoms with Crippen LogP contribution in [0.15, 0.2) is 36.8 Å². The first kappa shape index (κ1) is 12.0. The van der Waals surface area contributed by atoms with E-state index in [1.165, 1.54) is 12.2 Å². The Labute approximate surface area is 105 Å². The van der Waals surface area contributed by atoms with E-state index >= 15 is 0 Å². The molecule has 0 aliphatic carbocycles. The summed E-state index contributed by atoms with van der Waals surface area (Å²) in [5, 5.41) is 7.48. The zero-order valence-electron chi connectivity index (χ0n) is 9.84. The van der Waals surface area contributed by atoms with Crippen molar-refractivity contribution in [3.05, 3.63) is 36.8 Å². The lowest BCUT2D eigenvalue weighted by Crippen LogP contribution is -2.04. The number of hydrogen-bond acceptors (Lipinski definition) is 4. The molecule has 5 heteroatoms. The van der Waals surface area contributed by atoms with Crippen molar-refractivity contribution in [3.8, 4) is 5.82 Å². The number of pyridine rings is 1. The average Bonchev–Trinajstić information content (AvgIpc) is 2.89. The standard InChI is InChI=1S/C12H16N4S/c1-17-9-3-6-13-11-4-5-12(14-10-11)16-8-2-7-15-16/h2,4-5,7-8,10,13H,3,6,9H2,1H3. The molecule has 0 unspecified atom stereocenters. The first-order valence-corrected chi connectivity index (χ1v) is 6.98. The SMILES string of the molecule is CSCCCNc1ccc(-n2cccn2)nc1. The van der Waals surface area contributed by atoms with Crippen molar-refractivity contribution in [2.24, 2.45) is 0 Å². The minimum Gasteiger partial charge on any atom is -0.384 e. The molecular weight excluding hydrogens is 232 g/mol. The third kappa shape index (κ3) is 3.49. The van der Waals surface area contributed by atoms with Crippen LogP contribution < -0.4 is 5.32 Å². The summed E-state index contributed by atoms with van der Waals surface area (Å²) >= 11 is 1.87. The van der Waals surface area contributed by atoms with Crippen LogP contribution in [0.4, 0.5) is 5.69 Å². The van der Waals surface area contributed by atoms with E-state index in [2.05, 4.69) is 21.7 Å². The molecule has 0 aliphatic rings.